The van der Waals surface area contributed by atoms with Gasteiger partial charge in [-0.05, 0) is 49.2 Å². The molecule has 2 aromatic carbocycles. The van der Waals surface area contributed by atoms with Crippen molar-refractivity contribution in [3.8, 4) is 5.75 Å². The lowest BCUT2D eigenvalue weighted by Gasteiger charge is -2.14. The van der Waals surface area contributed by atoms with Gasteiger partial charge in [-0.1, -0.05) is 28.1 Å². The second-order valence-corrected chi connectivity index (χ2v) is 7.29. The first kappa shape index (κ1) is 15.9. The number of hydrogen-bond acceptors (Lipinski definition) is 3. The standard InChI is InChI=1S/C15H16BrNO3S/c1-10-4-5-11(2)13(8-10)17-21(18,19)15-9-12(16)6-7-14(15)20-3/h4-9,17H,1-3H3. The number of nitrogens with one attached hydrogen (secondary N) is 1. The minimum absolute atomic E-state index is 0.0975. The van der Waals surface area contributed by atoms with Gasteiger partial charge in [0.15, 0.2) is 0 Å². The van der Waals surface area contributed by atoms with E-state index in [1.54, 1.807) is 18.2 Å². The molecule has 0 saturated carbocycles. The Morgan fingerprint density at radius 1 is 1.10 bits per heavy atom. The molecular formula is C15H16BrNO3S. The summed E-state index contributed by atoms with van der Waals surface area (Å²) in [6.07, 6.45) is 0. The van der Waals surface area contributed by atoms with Gasteiger partial charge in [0.1, 0.15) is 10.6 Å². The molecule has 0 aromatic heterocycles. The number of hydrogen-bond donors (Lipinski definition) is 1. The van der Waals surface area contributed by atoms with E-state index < -0.39 is 10.0 Å². The summed E-state index contributed by atoms with van der Waals surface area (Å²) >= 11 is 3.28. The van der Waals surface area contributed by atoms with Crippen LogP contribution >= 0.6 is 15.9 Å². The van der Waals surface area contributed by atoms with Crippen LogP contribution < -0.4 is 9.46 Å². The SMILES string of the molecule is COc1ccc(Br)cc1S(=O)(=O)Nc1cc(C)ccc1C. The maximum atomic E-state index is 12.6. The molecule has 0 unspecified atom stereocenters. The predicted octanol–water partition coefficient (Wildman–Crippen LogP) is 3.88. The average molecular weight is 370 g/mol. The summed E-state index contributed by atoms with van der Waals surface area (Å²) in [7, 11) is -2.28. The molecule has 1 N–H and O–H groups in total. The predicted molar refractivity (Wildman–Crippen MR) is 87.4 cm³/mol. The van der Waals surface area contributed by atoms with E-state index in [9.17, 15) is 8.42 Å². The molecule has 4 nitrogen and oxygen atoms in total. The van der Waals surface area contributed by atoms with E-state index in [0.29, 0.717) is 15.9 Å². The number of anilines is 1. The molecule has 0 saturated heterocycles. The Labute approximate surface area is 133 Å². The normalized spacial score (nSPS) is 11.2. The number of ether oxygens (including phenoxy) is 1. The van der Waals surface area contributed by atoms with Crippen molar-refractivity contribution in [3.05, 3.63) is 52.0 Å². The summed E-state index contributed by atoms with van der Waals surface area (Å²) in [5, 5.41) is 0. The molecule has 0 spiro atoms. The van der Waals surface area contributed by atoms with Gasteiger partial charge >= 0.3 is 0 Å². The largest absolute Gasteiger partial charge is 0.495 e. The van der Waals surface area contributed by atoms with Gasteiger partial charge in [-0.3, -0.25) is 4.72 Å². The van der Waals surface area contributed by atoms with Crippen molar-refractivity contribution >= 4 is 31.6 Å². The van der Waals surface area contributed by atoms with E-state index >= 15 is 0 Å². The van der Waals surface area contributed by atoms with Gasteiger partial charge in [0, 0.05) is 4.47 Å². The smallest absolute Gasteiger partial charge is 0.265 e. The summed E-state index contributed by atoms with van der Waals surface area (Å²) in [6.45, 7) is 3.77. The molecule has 0 aliphatic carbocycles. The Balaban J connectivity index is 2.48. The Kier molecular flexibility index (Phi) is 4.58. The zero-order valence-corrected chi connectivity index (χ0v) is 14.4. The van der Waals surface area contributed by atoms with Crippen LogP contribution in [0.4, 0.5) is 5.69 Å². The van der Waals surface area contributed by atoms with Crippen molar-refractivity contribution in [2.75, 3.05) is 11.8 Å². The molecule has 0 bridgehead atoms. The first-order valence-corrected chi connectivity index (χ1v) is 8.55. The second-order valence-electron chi connectivity index (χ2n) is 4.72. The van der Waals surface area contributed by atoms with E-state index in [1.807, 2.05) is 26.0 Å². The van der Waals surface area contributed by atoms with Crippen molar-refractivity contribution in [2.45, 2.75) is 18.7 Å². The first-order chi connectivity index (χ1) is 9.83. The highest BCUT2D eigenvalue weighted by Gasteiger charge is 2.20. The highest BCUT2D eigenvalue weighted by molar-refractivity contribution is 9.10. The number of benzene rings is 2. The van der Waals surface area contributed by atoms with Crippen molar-refractivity contribution < 1.29 is 13.2 Å². The number of rotatable bonds is 4. The van der Waals surface area contributed by atoms with E-state index in [4.69, 9.17) is 4.74 Å². The lowest BCUT2D eigenvalue weighted by Crippen LogP contribution is -2.15. The summed E-state index contributed by atoms with van der Waals surface area (Å²) in [4.78, 5) is 0.0975. The van der Waals surface area contributed by atoms with Crippen molar-refractivity contribution in [1.82, 2.24) is 0 Å². The number of methoxy groups -OCH3 is 1. The maximum Gasteiger partial charge on any atom is 0.265 e. The van der Waals surface area contributed by atoms with Crippen LogP contribution in [0.5, 0.6) is 5.75 Å². The molecule has 0 radical (unpaired) electrons. The van der Waals surface area contributed by atoms with E-state index in [0.717, 1.165) is 11.1 Å². The minimum atomic E-state index is -3.72. The molecular weight excluding hydrogens is 354 g/mol. The zero-order valence-electron chi connectivity index (χ0n) is 12.0. The molecule has 0 amide bonds. The minimum Gasteiger partial charge on any atom is -0.495 e. The summed E-state index contributed by atoms with van der Waals surface area (Å²) in [5.41, 5.74) is 2.41. The van der Waals surface area contributed by atoms with Crippen LogP contribution in [0.1, 0.15) is 11.1 Å². The molecule has 6 heteroatoms. The van der Waals surface area contributed by atoms with Crippen molar-refractivity contribution in [3.63, 3.8) is 0 Å². The van der Waals surface area contributed by atoms with Crippen LogP contribution in [0.25, 0.3) is 0 Å². The molecule has 0 aliphatic heterocycles. The van der Waals surface area contributed by atoms with Gasteiger partial charge < -0.3 is 4.74 Å². The molecule has 0 fully saturated rings. The van der Waals surface area contributed by atoms with Gasteiger partial charge in [0.2, 0.25) is 0 Å². The summed E-state index contributed by atoms with van der Waals surface area (Å²) < 4.78 is 33.6. The lowest BCUT2D eigenvalue weighted by molar-refractivity contribution is 0.403. The molecule has 0 aliphatic rings. The highest BCUT2D eigenvalue weighted by atomic mass is 79.9. The number of halogens is 1. The van der Waals surface area contributed by atoms with Crippen molar-refractivity contribution in [1.29, 1.82) is 0 Å². The Morgan fingerprint density at radius 3 is 2.48 bits per heavy atom. The third-order valence-electron chi connectivity index (χ3n) is 3.05. The second kappa shape index (κ2) is 6.07. The van der Waals surface area contributed by atoms with Crippen LogP contribution in [0, 0.1) is 13.8 Å². The van der Waals surface area contributed by atoms with Crippen LogP contribution in [0.2, 0.25) is 0 Å². The zero-order chi connectivity index (χ0) is 15.6. The third-order valence-corrected chi connectivity index (χ3v) is 4.93. The molecule has 21 heavy (non-hydrogen) atoms. The van der Waals surface area contributed by atoms with Crippen molar-refractivity contribution in [2.24, 2.45) is 0 Å². The highest BCUT2D eigenvalue weighted by Crippen LogP contribution is 2.29. The van der Waals surface area contributed by atoms with Crippen LogP contribution in [-0.4, -0.2) is 15.5 Å². The average Bonchev–Trinajstić information content (AvgIpc) is 2.42. The van der Waals surface area contributed by atoms with Gasteiger partial charge in [-0.25, -0.2) is 8.42 Å². The number of aryl methyl sites for hydroxylation is 2. The summed E-state index contributed by atoms with van der Waals surface area (Å²) in [6, 6.07) is 10.5. The van der Waals surface area contributed by atoms with Gasteiger partial charge in [0.05, 0.1) is 12.8 Å². The fourth-order valence-electron chi connectivity index (χ4n) is 1.91. The van der Waals surface area contributed by atoms with Crippen LogP contribution in [0.15, 0.2) is 45.8 Å². The quantitative estimate of drug-likeness (QED) is 0.889. The topological polar surface area (TPSA) is 55.4 Å². The lowest BCUT2D eigenvalue weighted by atomic mass is 10.1. The molecule has 2 aromatic rings. The van der Waals surface area contributed by atoms with E-state index in [1.165, 1.54) is 13.2 Å². The molecule has 0 heterocycles. The molecule has 0 atom stereocenters. The van der Waals surface area contributed by atoms with E-state index in [-0.39, 0.29) is 4.90 Å². The van der Waals surface area contributed by atoms with Gasteiger partial charge in [-0.2, -0.15) is 0 Å². The third kappa shape index (κ3) is 3.57. The van der Waals surface area contributed by atoms with Crippen LogP contribution in [0.3, 0.4) is 0 Å². The van der Waals surface area contributed by atoms with Gasteiger partial charge in [-0.15, -0.1) is 0 Å². The fraction of sp³-hybridized carbons (Fsp3) is 0.200. The molecule has 2 rings (SSSR count). The maximum absolute atomic E-state index is 12.6. The van der Waals surface area contributed by atoms with Gasteiger partial charge in [0.25, 0.3) is 10.0 Å². The first-order valence-electron chi connectivity index (χ1n) is 6.27. The molecule has 112 valence electrons. The fourth-order valence-corrected chi connectivity index (χ4v) is 3.74. The monoisotopic (exact) mass is 369 g/mol. The Morgan fingerprint density at radius 2 is 1.81 bits per heavy atom. The van der Waals surface area contributed by atoms with E-state index in [2.05, 4.69) is 20.7 Å². The van der Waals surface area contributed by atoms with Crippen LogP contribution in [-0.2, 0) is 10.0 Å². The summed E-state index contributed by atoms with van der Waals surface area (Å²) in [5.74, 6) is 0.302. The Bertz CT molecular complexity index is 772. The number of sulfonamides is 1. The Hall–Kier alpha value is -1.53.